The molecule has 0 aromatic carbocycles. The normalized spacial score (nSPS) is 10.3. The third kappa shape index (κ3) is 1.68. The number of hydrogen-bond acceptors (Lipinski definition) is 3. The second-order valence-electron chi connectivity index (χ2n) is 2.01. The second-order valence-corrected chi connectivity index (χ2v) is 3.69. The van der Waals surface area contributed by atoms with Gasteiger partial charge in [0.2, 0.25) is 0 Å². The molecule has 2 N–H and O–H groups in total. The average molecular weight is 177 g/mol. The van der Waals surface area contributed by atoms with E-state index in [1.807, 2.05) is 6.92 Å². The van der Waals surface area contributed by atoms with Gasteiger partial charge in [0, 0.05) is 6.42 Å². The van der Waals surface area contributed by atoms with Crippen LogP contribution in [-0.2, 0) is 6.42 Å². The molecule has 0 aliphatic heterocycles. The Labute approximate surface area is 69.0 Å². The van der Waals surface area contributed by atoms with Crippen LogP contribution in [0.2, 0.25) is 4.34 Å². The van der Waals surface area contributed by atoms with Crippen LogP contribution in [0.5, 0.6) is 0 Å². The van der Waals surface area contributed by atoms with Gasteiger partial charge in [-0.3, -0.25) is 0 Å². The standard InChI is InChI=1S/C6H9ClN2S/c1-4-6(7)10-5(9-4)2-3-8/h2-3,8H2,1H3. The molecule has 4 heteroatoms. The minimum atomic E-state index is 0.642. The lowest BCUT2D eigenvalue weighted by Gasteiger charge is -1.85. The van der Waals surface area contributed by atoms with Crippen LogP contribution in [-0.4, -0.2) is 11.5 Å². The molecule has 0 saturated heterocycles. The number of aromatic nitrogens is 1. The van der Waals surface area contributed by atoms with Crippen LogP contribution >= 0.6 is 22.9 Å². The molecule has 1 aromatic rings. The van der Waals surface area contributed by atoms with Crippen molar-refractivity contribution in [1.29, 1.82) is 0 Å². The summed E-state index contributed by atoms with van der Waals surface area (Å²) in [4.78, 5) is 4.21. The van der Waals surface area contributed by atoms with Gasteiger partial charge in [-0.25, -0.2) is 4.98 Å². The lowest BCUT2D eigenvalue weighted by atomic mass is 10.4. The zero-order chi connectivity index (χ0) is 7.56. The van der Waals surface area contributed by atoms with E-state index in [2.05, 4.69) is 4.98 Å². The van der Waals surface area contributed by atoms with Crippen LogP contribution in [0.15, 0.2) is 0 Å². The first-order valence-corrected chi connectivity index (χ1v) is 4.25. The van der Waals surface area contributed by atoms with E-state index in [4.69, 9.17) is 17.3 Å². The minimum absolute atomic E-state index is 0.642. The summed E-state index contributed by atoms with van der Waals surface area (Å²) in [5.74, 6) is 0. The fourth-order valence-corrected chi connectivity index (χ4v) is 1.77. The number of halogens is 1. The van der Waals surface area contributed by atoms with Gasteiger partial charge in [0.05, 0.1) is 10.7 Å². The van der Waals surface area contributed by atoms with E-state index in [0.29, 0.717) is 6.54 Å². The van der Waals surface area contributed by atoms with Crippen LogP contribution < -0.4 is 5.73 Å². The Morgan fingerprint density at radius 2 is 2.40 bits per heavy atom. The van der Waals surface area contributed by atoms with Crippen LogP contribution in [0.4, 0.5) is 0 Å². The Kier molecular flexibility index (Phi) is 2.65. The Hall–Kier alpha value is -0.120. The van der Waals surface area contributed by atoms with Gasteiger partial charge in [-0.05, 0) is 13.5 Å². The van der Waals surface area contributed by atoms with E-state index in [1.165, 1.54) is 11.3 Å². The summed E-state index contributed by atoms with van der Waals surface area (Å²) in [5.41, 5.74) is 6.26. The molecule has 1 aromatic heterocycles. The van der Waals surface area contributed by atoms with E-state index < -0.39 is 0 Å². The Morgan fingerprint density at radius 3 is 2.80 bits per heavy atom. The lowest BCUT2D eigenvalue weighted by Crippen LogP contribution is -2.01. The highest BCUT2D eigenvalue weighted by Crippen LogP contribution is 2.23. The summed E-state index contributed by atoms with van der Waals surface area (Å²) >= 11 is 7.29. The molecule has 0 unspecified atom stereocenters. The van der Waals surface area contributed by atoms with Crippen molar-refractivity contribution in [1.82, 2.24) is 4.98 Å². The maximum absolute atomic E-state index is 5.78. The topological polar surface area (TPSA) is 38.9 Å². The molecule has 56 valence electrons. The smallest absolute Gasteiger partial charge is 0.116 e. The fourth-order valence-electron chi connectivity index (χ4n) is 0.662. The summed E-state index contributed by atoms with van der Waals surface area (Å²) in [7, 11) is 0. The van der Waals surface area contributed by atoms with Crippen LogP contribution in [0.25, 0.3) is 0 Å². The number of rotatable bonds is 2. The molecule has 0 radical (unpaired) electrons. The van der Waals surface area contributed by atoms with Crippen molar-refractivity contribution in [3.05, 3.63) is 15.0 Å². The summed E-state index contributed by atoms with van der Waals surface area (Å²) in [5, 5.41) is 1.03. The van der Waals surface area contributed by atoms with Gasteiger partial charge in [0.25, 0.3) is 0 Å². The Morgan fingerprint density at radius 1 is 1.70 bits per heavy atom. The SMILES string of the molecule is Cc1nc(CCN)sc1Cl. The number of nitrogens with two attached hydrogens (primary N) is 1. The summed E-state index contributed by atoms with van der Waals surface area (Å²) in [6.07, 6.45) is 0.832. The maximum Gasteiger partial charge on any atom is 0.116 e. The first-order chi connectivity index (χ1) is 4.74. The predicted octanol–water partition coefficient (Wildman–Crippen LogP) is 1.61. The first-order valence-electron chi connectivity index (χ1n) is 3.06. The van der Waals surface area contributed by atoms with Crippen molar-refractivity contribution in [2.45, 2.75) is 13.3 Å². The largest absolute Gasteiger partial charge is 0.330 e. The monoisotopic (exact) mass is 176 g/mol. The molecule has 2 nitrogen and oxygen atoms in total. The molecule has 0 bridgehead atoms. The minimum Gasteiger partial charge on any atom is -0.330 e. The van der Waals surface area contributed by atoms with E-state index in [9.17, 15) is 0 Å². The summed E-state index contributed by atoms with van der Waals surface area (Å²) in [6.45, 7) is 2.54. The van der Waals surface area contributed by atoms with Crippen molar-refractivity contribution < 1.29 is 0 Å². The average Bonchev–Trinajstić information content (AvgIpc) is 2.14. The van der Waals surface area contributed by atoms with Gasteiger partial charge in [0.15, 0.2) is 0 Å². The van der Waals surface area contributed by atoms with Crippen molar-refractivity contribution in [3.63, 3.8) is 0 Å². The highest BCUT2D eigenvalue weighted by Gasteiger charge is 2.02. The molecule has 0 saturated carbocycles. The second kappa shape index (κ2) is 3.32. The van der Waals surface area contributed by atoms with Gasteiger partial charge < -0.3 is 5.73 Å². The zero-order valence-electron chi connectivity index (χ0n) is 5.72. The molecule has 0 aliphatic rings. The van der Waals surface area contributed by atoms with Gasteiger partial charge in [-0.15, -0.1) is 11.3 Å². The molecule has 1 rings (SSSR count). The third-order valence-electron chi connectivity index (χ3n) is 1.14. The molecule has 0 atom stereocenters. The molecular weight excluding hydrogens is 168 g/mol. The van der Waals surface area contributed by atoms with Crippen LogP contribution in [0.3, 0.4) is 0 Å². The van der Waals surface area contributed by atoms with Crippen molar-refractivity contribution >= 4 is 22.9 Å². The van der Waals surface area contributed by atoms with Crippen LogP contribution in [0.1, 0.15) is 10.7 Å². The lowest BCUT2D eigenvalue weighted by molar-refractivity contribution is 0.945. The van der Waals surface area contributed by atoms with Crippen molar-refractivity contribution in [3.8, 4) is 0 Å². The molecule has 0 aliphatic carbocycles. The molecule has 0 spiro atoms. The van der Waals surface area contributed by atoms with Gasteiger partial charge in [0.1, 0.15) is 4.34 Å². The van der Waals surface area contributed by atoms with E-state index in [0.717, 1.165) is 21.5 Å². The van der Waals surface area contributed by atoms with Crippen molar-refractivity contribution in [2.75, 3.05) is 6.54 Å². The van der Waals surface area contributed by atoms with E-state index >= 15 is 0 Å². The first kappa shape index (κ1) is 7.98. The third-order valence-corrected chi connectivity index (χ3v) is 2.65. The number of nitrogens with zero attached hydrogens (tertiary/aromatic N) is 1. The molecule has 1 heterocycles. The highest BCUT2D eigenvalue weighted by molar-refractivity contribution is 7.16. The van der Waals surface area contributed by atoms with Crippen LogP contribution in [0, 0.1) is 6.92 Å². The molecule has 0 amide bonds. The van der Waals surface area contributed by atoms with Gasteiger partial charge in [-0.1, -0.05) is 11.6 Å². The predicted molar refractivity (Wildman–Crippen MR) is 44.6 cm³/mol. The molecule has 10 heavy (non-hydrogen) atoms. The van der Waals surface area contributed by atoms with Gasteiger partial charge >= 0.3 is 0 Å². The zero-order valence-corrected chi connectivity index (χ0v) is 7.30. The summed E-state index contributed by atoms with van der Waals surface area (Å²) < 4.78 is 0.781. The quantitative estimate of drug-likeness (QED) is 0.744. The summed E-state index contributed by atoms with van der Waals surface area (Å²) in [6, 6.07) is 0. The van der Waals surface area contributed by atoms with E-state index in [1.54, 1.807) is 0 Å². The number of thiazole rings is 1. The highest BCUT2D eigenvalue weighted by atomic mass is 35.5. The van der Waals surface area contributed by atoms with Crippen molar-refractivity contribution in [2.24, 2.45) is 5.73 Å². The van der Waals surface area contributed by atoms with E-state index in [-0.39, 0.29) is 0 Å². The van der Waals surface area contributed by atoms with Gasteiger partial charge in [-0.2, -0.15) is 0 Å². The maximum atomic E-state index is 5.78. The fraction of sp³-hybridized carbons (Fsp3) is 0.500. The molecule has 0 fully saturated rings. The number of hydrogen-bond donors (Lipinski definition) is 1. The molecular formula is C6H9ClN2S. The Balaban J connectivity index is 2.77. The number of aryl methyl sites for hydroxylation is 1. The Bertz CT molecular complexity index is 202.